The second-order valence-electron chi connectivity index (χ2n) is 5.03. The van der Waals surface area contributed by atoms with Gasteiger partial charge in [0.1, 0.15) is 6.04 Å². The molecule has 0 bridgehead atoms. The van der Waals surface area contributed by atoms with E-state index in [2.05, 4.69) is 11.2 Å². The maximum Gasteiger partial charge on any atom is 0.237 e. The number of primary amides is 1. The van der Waals surface area contributed by atoms with E-state index in [0.29, 0.717) is 19.4 Å². The minimum Gasteiger partial charge on any atom is -0.391 e. The lowest BCUT2D eigenvalue weighted by Crippen LogP contribution is -2.78. The number of rotatable bonds is 3. The van der Waals surface area contributed by atoms with Crippen molar-refractivity contribution in [3.63, 3.8) is 0 Å². The van der Waals surface area contributed by atoms with Crippen LogP contribution in [0.3, 0.4) is 0 Å². The Morgan fingerprint density at radius 2 is 2.44 bits per heavy atom. The number of aliphatic hydroxyl groups is 1. The summed E-state index contributed by atoms with van der Waals surface area (Å²) in [4.78, 5) is 24.4. The van der Waals surface area contributed by atoms with Gasteiger partial charge in [-0.1, -0.05) is 5.92 Å². The average molecular weight is 251 g/mol. The molecule has 98 valence electrons. The van der Waals surface area contributed by atoms with Gasteiger partial charge >= 0.3 is 0 Å². The Morgan fingerprint density at radius 1 is 1.78 bits per heavy atom. The summed E-state index contributed by atoms with van der Waals surface area (Å²) in [6.07, 6.45) is 5.69. The lowest BCUT2D eigenvalue weighted by atomic mass is 9.77. The minimum absolute atomic E-state index is 0.0254. The Kier molecular flexibility index (Phi) is 3.05. The van der Waals surface area contributed by atoms with Gasteiger partial charge in [0.05, 0.1) is 17.7 Å². The Morgan fingerprint density at radius 3 is 2.83 bits per heavy atom. The molecule has 2 rings (SSSR count). The molecule has 6 nitrogen and oxygen atoms in total. The maximum atomic E-state index is 11.4. The summed E-state index contributed by atoms with van der Waals surface area (Å²) in [5.74, 6) is 1.95. The van der Waals surface area contributed by atoms with E-state index in [9.17, 15) is 14.7 Å². The zero-order valence-corrected chi connectivity index (χ0v) is 10.2. The molecule has 2 amide bonds. The van der Waals surface area contributed by atoms with Gasteiger partial charge in [0.25, 0.3) is 0 Å². The fourth-order valence-corrected chi connectivity index (χ4v) is 2.96. The van der Waals surface area contributed by atoms with E-state index < -0.39 is 29.6 Å². The average Bonchev–Trinajstić information content (AvgIpc) is 2.61. The van der Waals surface area contributed by atoms with Gasteiger partial charge in [-0.2, -0.15) is 0 Å². The highest BCUT2D eigenvalue weighted by Crippen LogP contribution is 2.38. The lowest BCUT2D eigenvalue weighted by molar-refractivity contribution is -0.136. The lowest BCUT2D eigenvalue weighted by Gasteiger charge is -2.55. The largest absolute Gasteiger partial charge is 0.391 e. The number of carbonyl (C=O) groups is 2. The zero-order valence-electron chi connectivity index (χ0n) is 10.2. The van der Waals surface area contributed by atoms with E-state index in [1.807, 2.05) is 0 Å². The van der Waals surface area contributed by atoms with Crippen LogP contribution in [-0.4, -0.2) is 52.1 Å². The first-order valence-electron chi connectivity index (χ1n) is 5.91. The topological polar surface area (TPSA) is 95.7 Å². The van der Waals surface area contributed by atoms with Gasteiger partial charge in [-0.15, -0.1) is 6.42 Å². The molecular weight excluding hydrogens is 234 g/mol. The number of hydrogen-bond donors (Lipinski definition) is 3. The van der Waals surface area contributed by atoms with E-state index in [0.717, 1.165) is 0 Å². The van der Waals surface area contributed by atoms with Gasteiger partial charge in [-0.3, -0.25) is 14.5 Å². The highest BCUT2D eigenvalue weighted by atomic mass is 16.3. The summed E-state index contributed by atoms with van der Waals surface area (Å²) in [7, 11) is 0. The summed E-state index contributed by atoms with van der Waals surface area (Å²) < 4.78 is 0. The number of carbonyl (C=O) groups excluding carboxylic acids is 2. The molecule has 1 spiro atoms. The second-order valence-corrected chi connectivity index (χ2v) is 5.03. The molecule has 4 atom stereocenters. The summed E-state index contributed by atoms with van der Waals surface area (Å²) in [5.41, 5.74) is 4.83. The third kappa shape index (κ3) is 1.76. The quantitative estimate of drug-likeness (QED) is 0.515. The Bertz CT molecular complexity index is 429. The van der Waals surface area contributed by atoms with Crippen LogP contribution in [0, 0.1) is 12.3 Å². The summed E-state index contributed by atoms with van der Waals surface area (Å²) >= 11 is 0. The third-order valence-electron chi connectivity index (χ3n) is 3.77. The highest BCUT2D eigenvalue weighted by Gasteiger charge is 2.58. The Balaban J connectivity index is 2.17. The van der Waals surface area contributed by atoms with Gasteiger partial charge < -0.3 is 16.2 Å². The fourth-order valence-electron chi connectivity index (χ4n) is 2.96. The molecule has 2 unspecified atom stereocenters. The van der Waals surface area contributed by atoms with Gasteiger partial charge in [0, 0.05) is 13.0 Å². The molecule has 6 heteroatoms. The van der Waals surface area contributed by atoms with Crippen LogP contribution in [0.5, 0.6) is 0 Å². The summed E-state index contributed by atoms with van der Waals surface area (Å²) in [6.45, 7) is 1.95. The van der Waals surface area contributed by atoms with Crippen LogP contribution in [-0.2, 0) is 9.59 Å². The standard InChI is InChI=1S/C12H17N3O3/c1-3-8-12(5-4-9(17)14-12)6-15(8)10(7(2)16)11(13)18/h1,7-8,10,16H,4-6H2,2H3,(H2,13,18)(H,14,17)/t7-,8?,10+,12?/m1/s1. The van der Waals surface area contributed by atoms with Crippen molar-refractivity contribution in [1.29, 1.82) is 0 Å². The highest BCUT2D eigenvalue weighted by molar-refractivity contribution is 5.82. The zero-order chi connectivity index (χ0) is 13.5. The van der Waals surface area contributed by atoms with Crippen LogP contribution in [0.1, 0.15) is 19.8 Å². The van der Waals surface area contributed by atoms with Crippen LogP contribution in [0.25, 0.3) is 0 Å². The molecule has 2 heterocycles. The number of amides is 2. The van der Waals surface area contributed by atoms with Crippen molar-refractivity contribution in [2.45, 2.75) is 43.5 Å². The SMILES string of the molecule is C#CC1N([C@H](C(N)=O)[C@@H](C)O)CC12CCC(=O)N2. The first-order valence-corrected chi connectivity index (χ1v) is 5.91. The van der Waals surface area contributed by atoms with Crippen LogP contribution in [0.15, 0.2) is 0 Å². The molecule has 2 aliphatic rings. The number of nitrogens with zero attached hydrogens (tertiary/aromatic N) is 1. The van der Waals surface area contributed by atoms with E-state index in [4.69, 9.17) is 12.2 Å². The minimum atomic E-state index is -0.896. The predicted octanol–water partition coefficient (Wildman–Crippen LogP) is -1.81. The second kappa shape index (κ2) is 4.26. The first kappa shape index (κ1) is 12.9. The molecule has 0 radical (unpaired) electrons. The number of nitrogens with one attached hydrogen (secondary N) is 1. The van der Waals surface area contributed by atoms with Crippen LogP contribution in [0.2, 0.25) is 0 Å². The van der Waals surface area contributed by atoms with E-state index in [1.165, 1.54) is 6.92 Å². The van der Waals surface area contributed by atoms with Crippen LogP contribution < -0.4 is 11.1 Å². The van der Waals surface area contributed by atoms with Crippen LogP contribution in [0.4, 0.5) is 0 Å². The smallest absolute Gasteiger partial charge is 0.237 e. The van der Waals surface area contributed by atoms with Crippen molar-refractivity contribution in [3.8, 4) is 12.3 Å². The molecule has 0 aliphatic carbocycles. The number of terminal acetylenes is 1. The van der Waals surface area contributed by atoms with Crippen molar-refractivity contribution in [3.05, 3.63) is 0 Å². The number of aliphatic hydroxyl groups excluding tert-OH is 1. The first-order chi connectivity index (χ1) is 8.41. The van der Waals surface area contributed by atoms with Gasteiger partial charge in [0.2, 0.25) is 11.8 Å². The Hall–Kier alpha value is -1.58. The molecule has 0 aromatic heterocycles. The molecule has 2 saturated heterocycles. The van der Waals surface area contributed by atoms with E-state index in [-0.39, 0.29) is 5.91 Å². The molecular formula is C12H17N3O3. The molecule has 2 fully saturated rings. The van der Waals surface area contributed by atoms with Gasteiger partial charge in [-0.05, 0) is 13.3 Å². The number of likely N-dealkylation sites (tertiary alicyclic amines) is 1. The van der Waals surface area contributed by atoms with E-state index >= 15 is 0 Å². The van der Waals surface area contributed by atoms with Crippen molar-refractivity contribution in [1.82, 2.24) is 10.2 Å². The van der Waals surface area contributed by atoms with E-state index in [1.54, 1.807) is 4.90 Å². The number of nitrogens with two attached hydrogens (primary N) is 1. The maximum absolute atomic E-state index is 11.4. The predicted molar refractivity (Wildman–Crippen MR) is 64.1 cm³/mol. The third-order valence-corrected chi connectivity index (χ3v) is 3.77. The van der Waals surface area contributed by atoms with Crippen molar-refractivity contribution >= 4 is 11.8 Å². The fraction of sp³-hybridized carbons (Fsp3) is 0.667. The summed E-state index contributed by atoms with van der Waals surface area (Å²) in [6, 6.07) is -1.20. The molecule has 0 aromatic carbocycles. The van der Waals surface area contributed by atoms with Crippen molar-refractivity contribution < 1.29 is 14.7 Å². The van der Waals surface area contributed by atoms with Gasteiger partial charge in [-0.25, -0.2) is 0 Å². The van der Waals surface area contributed by atoms with Crippen molar-refractivity contribution in [2.75, 3.05) is 6.54 Å². The normalized spacial score (nSPS) is 34.5. The monoisotopic (exact) mass is 251 g/mol. The molecule has 0 aromatic rings. The summed E-state index contributed by atoms with van der Waals surface area (Å²) in [5, 5.41) is 12.5. The van der Waals surface area contributed by atoms with Crippen LogP contribution >= 0.6 is 0 Å². The molecule has 18 heavy (non-hydrogen) atoms. The van der Waals surface area contributed by atoms with Crippen molar-refractivity contribution in [2.24, 2.45) is 5.73 Å². The van der Waals surface area contributed by atoms with Gasteiger partial charge in [0.15, 0.2) is 0 Å². The Labute approximate surface area is 106 Å². The molecule has 4 N–H and O–H groups in total. The molecule has 2 aliphatic heterocycles. The number of hydrogen-bond acceptors (Lipinski definition) is 4. The molecule has 0 saturated carbocycles.